The molecule has 19 heavy (non-hydrogen) atoms. The molecular formula is C11H15BrN6O. The topological polar surface area (TPSA) is 102 Å². The number of aromatic nitrogens is 4. The molecule has 2 aromatic heterocycles. The Kier molecular flexibility index (Phi) is 4.20. The summed E-state index contributed by atoms with van der Waals surface area (Å²) in [4.78, 5) is 12.0. The van der Waals surface area contributed by atoms with E-state index in [1.807, 2.05) is 6.92 Å². The number of nitrogen functional groups attached to an aromatic ring is 1. The van der Waals surface area contributed by atoms with Crippen LogP contribution in [0.4, 0.5) is 11.5 Å². The molecule has 0 spiro atoms. The molecule has 0 radical (unpaired) electrons. The third-order valence-corrected chi connectivity index (χ3v) is 3.41. The molecule has 0 aliphatic heterocycles. The van der Waals surface area contributed by atoms with E-state index in [1.54, 1.807) is 12.4 Å². The van der Waals surface area contributed by atoms with E-state index in [2.05, 4.69) is 36.5 Å². The summed E-state index contributed by atoms with van der Waals surface area (Å²) in [6, 6.07) is 0. The van der Waals surface area contributed by atoms with Gasteiger partial charge in [-0.2, -0.15) is 10.2 Å². The molecule has 0 saturated carbocycles. The van der Waals surface area contributed by atoms with Gasteiger partial charge in [0.1, 0.15) is 10.3 Å². The van der Waals surface area contributed by atoms with E-state index in [9.17, 15) is 4.79 Å². The lowest BCUT2D eigenvalue weighted by Crippen LogP contribution is -2.24. The molecule has 0 saturated heterocycles. The summed E-state index contributed by atoms with van der Waals surface area (Å²) >= 11 is 3.29. The molecule has 2 heterocycles. The van der Waals surface area contributed by atoms with Crippen molar-refractivity contribution in [2.75, 3.05) is 11.1 Å². The quantitative estimate of drug-likeness (QED) is 0.769. The number of anilines is 2. The lowest BCUT2D eigenvalue weighted by Gasteiger charge is -2.09. The van der Waals surface area contributed by atoms with E-state index in [1.165, 1.54) is 4.68 Å². The molecule has 0 aromatic carbocycles. The van der Waals surface area contributed by atoms with Crippen molar-refractivity contribution in [3.8, 4) is 0 Å². The van der Waals surface area contributed by atoms with Gasteiger partial charge in [0.05, 0.1) is 18.1 Å². The number of nitrogens with one attached hydrogen (secondary N) is 2. The van der Waals surface area contributed by atoms with Gasteiger partial charge in [-0.3, -0.25) is 9.89 Å². The summed E-state index contributed by atoms with van der Waals surface area (Å²) in [5.41, 5.74) is 7.01. The fraction of sp³-hybridized carbons (Fsp3) is 0.364. The van der Waals surface area contributed by atoms with E-state index >= 15 is 0 Å². The molecule has 7 nitrogen and oxygen atoms in total. The maximum absolute atomic E-state index is 12.0. The van der Waals surface area contributed by atoms with Crippen LogP contribution < -0.4 is 16.6 Å². The highest BCUT2D eigenvalue weighted by molar-refractivity contribution is 9.10. The van der Waals surface area contributed by atoms with Crippen molar-refractivity contribution in [3.63, 3.8) is 0 Å². The Balaban J connectivity index is 2.16. The van der Waals surface area contributed by atoms with Crippen LogP contribution in [0.5, 0.6) is 0 Å². The molecule has 8 heteroatoms. The van der Waals surface area contributed by atoms with Gasteiger partial charge in [-0.25, -0.2) is 4.68 Å². The van der Waals surface area contributed by atoms with E-state index < -0.39 is 0 Å². The van der Waals surface area contributed by atoms with Gasteiger partial charge in [-0.05, 0) is 22.4 Å². The second kappa shape index (κ2) is 5.87. The molecule has 0 amide bonds. The van der Waals surface area contributed by atoms with E-state index in [4.69, 9.17) is 5.73 Å². The van der Waals surface area contributed by atoms with Crippen LogP contribution in [0.25, 0.3) is 0 Å². The van der Waals surface area contributed by atoms with Crippen molar-refractivity contribution in [1.82, 2.24) is 20.0 Å². The van der Waals surface area contributed by atoms with Crippen LogP contribution in [-0.4, -0.2) is 20.0 Å². The first-order valence-electron chi connectivity index (χ1n) is 5.90. The van der Waals surface area contributed by atoms with Crippen LogP contribution in [0.3, 0.4) is 0 Å². The zero-order chi connectivity index (χ0) is 13.8. The second-order valence-corrected chi connectivity index (χ2v) is 4.86. The van der Waals surface area contributed by atoms with E-state index in [-0.39, 0.29) is 5.56 Å². The van der Waals surface area contributed by atoms with Crippen molar-refractivity contribution in [2.24, 2.45) is 0 Å². The maximum Gasteiger partial charge on any atom is 0.283 e. The molecule has 0 bridgehead atoms. The number of halogens is 1. The van der Waals surface area contributed by atoms with Crippen molar-refractivity contribution in [3.05, 3.63) is 32.8 Å². The van der Waals surface area contributed by atoms with E-state index in [0.29, 0.717) is 29.1 Å². The fourth-order valence-corrected chi connectivity index (χ4v) is 2.06. The summed E-state index contributed by atoms with van der Waals surface area (Å²) in [5, 5.41) is 13.7. The minimum Gasteiger partial charge on any atom is -0.384 e. The average molecular weight is 327 g/mol. The average Bonchev–Trinajstić information content (AvgIpc) is 2.80. The van der Waals surface area contributed by atoms with Crippen LogP contribution in [0.15, 0.2) is 21.7 Å². The Bertz CT molecular complexity index is 620. The first-order valence-corrected chi connectivity index (χ1v) is 6.70. The monoisotopic (exact) mass is 326 g/mol. The number of H-pyrrole nitrogens is 1. The number of hydrogen-bond acceptors (Lipinski definition) is 5. The van der Waals surface area contributed by atoms with Gasteiger partial charge in [-0.1, -0.05) is 6.92 Å². The zero-order valence-corrected chi connectivity index (χ0v) is 12.1. The van der Waals surface area contributed by atoms with Crippen LogP contribution >= 0.6 is 15.9 Å². The molecule has 0 atom stereocenters. The highest BCUT2D eigenvalue weighted by Crippen LogP contribution is 2.18. The van der Waals surface area contributed by atoms with Gasteiger partial charge in [0.25, 0.3) is 5.56 Å². The van der Waals surface area contributed by atoms with Gasteiger partial charge in [-0.15, -0.1) is 0 Å². The highest BCUT2D eigenvalue weighted by Gasteiger charge is 2.09. The van der Waals surface area contributed by atoms with Crippen LogP contribution in [0.2, 0.25) is 0 Å². The summed E-state index contributed by atoms with van der Waals surface area (Å²) in [6.07, 6.45) is 4.12. The minimum atomic E-state index is -0.146. The van der Waals surface area contributed by atoms with Gasteiger partial charge >= 0.3 is 0 Å². The van der Waals surface area contributed by atoms with Crippen molar-refractivity contribution in [1.29, 1.82) is 0 Å². The Morgan fingerprint density at radius 3 is 2.95 bits per heavy atom. The molecule has 2 aromatic rings. The zero-order valence-electron chi connectivity index (χ0n) is 10.5. The number of aromatic amines is 1. The molecule has 0 aliphatic rings. The standard InChI is InChI=1S/C11H15BrN6O/c1-2-3-18-11(19)9(12)8(6-16-18)14-4-7-5-15-17-10(7)13/h5-6,14H,2-4H2,1H3,(H3,13,15,17). The van der Waals surface area contributed by atoms with Crippen LogP contribution in [0, 0.1) is 0 Å². The number of hydrogen-bond donors (Lipinski definition) is 3. The number of aryl methyl sites for hydroxylation is 1. The maximum atomic E-state index is 12.0. The third kappa shape index (κ3) is 2.95. The number of nitrogens with two attached hydrogens (primary N) is 1. The summed E-state index contributed by atoms with van der Waals surface area (Å²) in [5.74, 6) is 0.510. The lowest BCUT2D eigenvalue weighted by atomic mass is 10.3. The molecule has 2 rings (SSSR count). The SMILES string of the molecule is CCCn1ncc(NCc2cn[nH]c2N)c(Br)c1=O. The first kappa shape index (κ1) is 13.6. The molecular weight excluding hydrogens is 312 g/mol. The molecule has 0 fully saturated rings. The number of nitrogens with zero attached hydrogens (tertiary/aromatic N) is 3. The predicted molar refractivity (Wildman–Crippen MR) is 76.8 cm³/mol. The predicted octanol–water partition coefficient (Wildman–Crippen LogP) is 1.33. The Labute approximate surface area is 118 Å². The van der Waals surface area contributed by atoms with Gasteiger partial charge < -0.3 is 11.1 Å². The van der Waals surface area contributed by atoms with Gasteiger partial charge in [0.2, 0.25) is 0 Å². The van der Waals surface area contributed by atoms with Gasteiger partial charge in [0.15, 0.2) is 0 Å². The normalized spacial score (nSPS) is 10.6. The molecule has 0 unspecified atom stereocenters. The minimum absolute atomic E-state index is 0.146. The Hall–Kier alpha value is -1.83. The van der Waals surface area contributed by atoms with Crippen molar-refractivity contribution >= 4 is 27.4 Å². The highest BCUT2D eigenvalue weighted by atomic mass is 79.9. The number of rotatable bonds is 5. The fourth-order valence-electron chi connectivity index (χ4n) is 1.61. The summed E-state index contributed by atoms with van der Waals surface area (Å²) in [6.45, 7) is 3.07. The summed E-state index contributed by atoms with van der Waals surface area (Å²) < 4.78 is 1.90. The third-order valence-electron chi connectivity index (χ3n) is 2.64. The molecule has 0 aliphatic carbocycles. The molecule has 102 valence electrons. The van der Waals surface area contributed by atoms with E-state index in [0.717, 1.165) is 12.0 Å². The smallest absolute Gasteiger partial charge is 0.283 e. The lowest BCUT2D eigenvalue weighted by molar-refractivity contribution is 0.566. The molecule has 4 N–H and O–H groups in total. The van der Waals surface area contributed by atoms with Crippen molar-refractivity contribution < 1.29 is 0 Å². The van der Waals surface area contributed by atoms with Crippen molar-refractivity contribution in [2.45, 2.75) is 26.4 Å². The summed E-state index contributed by atoms with van der Waals surface area (Å²) in [7, 11) is 0. The largest absolute Gasteiger partial charge is 0.384 e. The second-order valence-electron chi connectivity index (χ2n) is 4.06. The van der Waals surface area contributed by atoms with Gasteiger partial charge in [0, 0.05) is 18.7 Å². The van der Waals surface area contributed by atoms with Crippen LogP contribution in [-0.2, 0) is 13.1 Å². The first-order chi connectivity index (χ1) is 9.13. The Morgan fingerprint density at radius 2 is 2.32 bits per heavy atom. The van der Waals surface area contributed by atoms with Crippen LogP contribution in [0.1, 0.15) is 18.9 Å². The Morgan fingerprint density at radius 1 is 1.53 bits per heavy atom.